The number of benzene rings is 2. The third kappa shape index (κ3) is 4.99. The zero-order valence-corrected chi connectivity index (χ0v) is 21.8. The number of nitrogens with zero attached hydrogens (tertiary/aromatic N) is 2. The van der Waals surface area contributed by atoms with Crippen molar-refractivity contribution in [2.45, 2.75) is 13.8 Å². The van der Waals surface area contributed by atoms with Crippen LogP contribution in [0, 0.1) is 13.8 Å². The summed E-state index contributed by atoms with van der Waals surface area (Å²) in [6.45, 7) is 7.98. The van der Waals surface area contributed by atoms with E-state index in [1.54, 1.807) is 30.4 Å². The standard InChI is InChI=1S/C28H27N3O5S/c1-6-13-36-21-9-7-20(8-10-21)30-17(2)14-19(18(30)3)15-23-26(32)29-28(37)31(27(23)33)24-12-11-22(34-4)16-25(24)35-5/h6-12,14-16H,1,13H2,2-5H3,(H,29,32,37)/b23-15-. The van der Waals surface area contributed by atoms with E-state index in [4.69, 9.17) is 26.4 Å². The highest BCUT2D eigenvalue weighted by Gasteiger charge is 2.36. The molecule has 0 spiro atoms. The molecule has 1 fully saturated rings. The quantitative estimate of drug-likeness (QED) is 0.205. The third-order valence-corrected chi connectivity index (χ3v) is 6.25. The number of thiocarbonyl (C=S) groups is 1. The molecule has 0 unspecified atom stereocenters. The van der Waals surface area contributed by atoms with E-state index >= 15 is 0 Å². The first-order chi connectivity index (χ1) is 17.8. The van der Waals surface area contributed by atoms with Crippen molar-refractivity contribution in [3.63, 3.8) is 0 Å². The number of carbonyl (C=O) groups excluding carboxylic acids is 2. The summed E-state index contributed by atoms with van der Waals surface area (Å²) in [6.07, 6.45) is 3.28. The number of anilines is 1. The van der Waals surface area contributed by atoms with E-state index in [0.717, 1.165) is 28.4 Å². The number of amides is 2. The summed E-state index contributed by atoms with van der Waals surface area (Å²) in [7, 11) is 3.02. The van der Waals surface area contributed by atoms with Crippen molar-refractivity contribution in [1.29, 1.82) is 0 Å². The van der Waals surface area contributed by atoms with Crippen LogP contribution in [0.2, 0.25) is 0 Å². The summed E-state index contributed by atoms with van der Waals surface area (Å²) in [4.78, 5) is 27.7. The molecule has 9 heteroatoms. The Morgan fingerprint density at radius 1 is 1.00 bits per heavy atom. The molecule has 0 saturated carbocycles. The Morgan fingerprint density at radius 2 is 1.70 bits per heavy atom. The van der Waals surface area contributed by atoms with Crippen LogP contribution in [-0.4, -0.2) is 42.3 Å². The van der Waals surface area contributed by atoms with Gasteiger partial charge >= 0.3 is 0 Å². The first-order valence-electron chi connectivity index (χ1n) is 11.5. The number of hydrogen-bond acceptors (Lipinski definition) is 6. The minimum Gasteiger partial charge on any atom is -0.497 e. The lowest BCUT2D eigenvalue weighted by Gasteiger charge is -2.30. The van der Waals surface area contributed by atoms with Gasteiger partial charge in [-0.2, -0.15) is 0 Å². The Kier molecular flexibility index (Phi) is 7.45. The highest BCUT2D eigenvalue weighted by atomic mass is 32.1. The van der Waals surface area contributed by atoms with E-state index in [1.807, 2.05) is 48.7 Å². The molecular formula is C28H27N3O5S. The first kappa shape index (κ1) is 25.7. The van der Waals surface area contributed by atoms with E-state index in [2.05, 4.69) is 11.9 Å². The van der Waals surface area contributed by atoms with Gasteiger partial charge in [-0.1, -0.05) is 12.7 Å². The molecule has 8 nitrogen and oxygen atoms in total. The predicted octanol–water partition coefficient (Wildman–Crippen LogP) is 4.51. The van der Waals surface area contributed by atoms with Gasteiger partial charge in [0.25, 0.3) is 11.8 Å². The number of nitrogens with one attached hydrogen (secondary N) is 1. The maximum atomic E-state index is 13.6. The van der Waals surface area contributed by atoms with Gasteiger partial charge in [-0.15, -0.1) is 0 Å². The van der Waals surface area contributed by atoms with Crippen LogP contribution in [0.4, 0.5) is 5.69 Å². The van der Waals surface area contributed by atoms with E-state index < -0.39 is 11.8 Å². The van der Waals surface area contributed by atoms with Gasteiger partial charge in [0, 0.05) is 23.1 Å². The van der Waals surface area contributed by atoms with Crippen molar-refractivity contribution in [1.82, 2.24) is 9.88 Å². The Morgan fingerprint density at radius 3 is 2.35 bits per heavy atom. The molecule has 0 radical (unpaired) electrons. The minimum atomic E-state index is -0.563. The number of aryl methyl sites for hydroxylation is 1. The molecule has 1 aliphatic rings. The molecule has 3 aromatic rings. The topological polar surface area (TPSA) is 82.0 Å². The number of methoxy groups -OCH3 is 2. The number of carbonyl (C=O) groups is 2. The van der Waals surface area contributed by atoms with Crippen LogP contribution < -0.4 is 24.4 Å². The second-order valence-electron chi connectivity index (χ2n) is 8.25. The van der Waals surface area contributed by atoms with E-state index in [0.29, 0.717) is 23.8 Å². The van der Waals surface area contributed by atoms with Crippen molar-refractivity contribution in [2.75, 3.05) is 25.7 Å². The van der Waals surface area contributed by atoms with E-state index in [1.165, 1.54) is 19.1 Å². The average Bonchev–Trinajstić information content (AvgIpc) is 3.17. The Balaban J connectivity index is 1.71. The molecule has 1 aliphatic heterocycles. The Hall–Kier alpha value is -4.37. The molecule has 1 saturated heterocycles. The van der Waals surface area contributed by atoms with Crippen LogP contribution in [0.1, 0.15) is 17.0 Å². The van der Waals surface area contributed by atoms with Gasteiger partial charge in [0.1, 0.15) is 29.4 Å². The summed E-state index contributed by atoms with van der Waals surface area (Å²) < 4.78 is 18.3. The molecule has 190 valence electrons. The average molecular weight is 518 g/mol. The summed E-state index contributed by atoms with van der Waals surface area (Å²) in [6, 6.07) is 14.6. The summed E-state index contributed by atoms with van der Waals surface area (Å²) in [5.41, 5.74) is 3.82. The summed E-state index contributed by atoms with van der Waals surface area (Å²) >= 11 is 5.34. The molecule has 0 atom stereocenters. The van der Waals surface area contributed by atoms with Gasteiger partial charge in [-0.25, -0.2) is 4.90 Å². The largest absolute Gasteiger partial charge is 0.497 e. The van der Waals surface area contributed by atoms with Gasteiger partial charge in [0.2, 0.25) is 0 Å². The molecule has 2 amide bonds. The lowest BCUT2D eigenvalue weighted by Crippen LogP contribution is -2.54. The minimum absolute atomic E-state index is 0.0279. The van der Waals surface area contributed by atoms with Gasteiger partial charge in [-0.3, -0.25) is 14.9 Å². The fourth-order valence-corrected chi connectivity index (χ4v) is 4.45. The number of aromatic nitrogens is 1. The van der Waals surface area contributed by atoms with Gasteiger partial charge < -0.3 is 18.8 Å². The van der Waals surface area contributed by atoms with Crippen LogP contribution >= 0.6 is 12.2 Å². The number of hydrogen-bond donors (Lipinski definition) is 1. The van der Waals surface area contributed by atoms with Crippen molar-refractivity contribution in [3.8, 4) is 22.9 Å². The lowest BCUT2D eigenvalue weighted by molar-refractivity contribution is -0.122. The lowest BCUT2D eigenvalue weighted by atomic mass is 10.1. The maximum absolute atomic E-state index is 13.6. The normalized spacial score (nSPS) is 14.5. The SMILES string of the molecule is C=CCOc1ccc(-n2c(C)cc(/C=C3/C(=O)NC(=S)N(c4ccc(OC)cc4OC)C3=O)c2C)cc1. The van der Waals surface area contributed by atoms with E-state index in [-0.39, 0.29) is 10.7 Å². The van der Waals surface area contributed by atoms with Gasteiger partial charge in [-0.05, 0) is 80.2 Å². The first-order valence-corrected chi connectivity index (χ1v) is 11.9. The van der Waals surface area contributed by atoms with Crippen molar-refractivity contribution < 1.29 is 23.8 Å². The highest BCUT2D eigenvalue weighted by molar-refractivity contribution is 7.80. The molecular weight excluding hydrogens is 490 g/mol. The molecule has 0 aliphatic carbocycles. The fourth-order valence-electron chi connectivity index (χ4n) is 4.18. The van der Waals surface area contributed by atoms with E-state index in [9.17, 15) is 9.59 Å². The molecule has 1 N–H and O–H groups in total. The predicted molar refractivity (Wildman–Crippen MR) is 147 cm³/mol. The second kappa shape index (κ2) is 10.7. The van der Waals surface area contributed by atoms with Gasteiger partial charge in [0.15, 0.2) is 5.11 Å². The summed E-state index contributed by atoms with van der Waals surface area (Å²) in [5.74, 6) is 0.564. The van der Waals surface area contributed by atoms with Crippen LogP contribution in [-0.2, 0) is 9.59 Å². The molecule has 2 aromatic carbocycles. The van der Waals surface area contributed by atoms with Crippen LogP contribution in [0.5, 0.6) is 17.2 Å². The molecule has 37 heavy (non-hydrogen) atoms. The third-order valence-electron chi connectivity index (χ3n) is 5.96. The van der Waals surface area contributed by atoms with Crippen molar-refractivity contribution in [2.24, 2.45) is 0 Å². The Labute approximate surface area is 220 Å². The zero-order chi connectivity index (χ0) is 26.7. The Bertz CT molecular complexity index is 1420. The van der Waals surface area contributed by atoms with Crippen molar-refractivity contribution in [3.05, 3.63) is 83.7 Å². The number of rotatable bonds is 8. The van der Waals surface area contributed by atoms with Crippen LogP contribution in [0.3, 0.4) is 0 Å². The molecule has 4 rings (SSSR count). The smallest absolute Gasteiger partial charge is 0.270 e. The molecule has 0 bridgehead atoms. The molecule has 2 heterocycles. The fraction of sp³-hybridized carbons (Fsp3) is 0.179. The van der Waals surface area contributed by atoms with Crippen molar-refractivity contribution >= 4 is 40.9 Å². The zero-order valence-electron chi connectivity index (χ0n) is 21.0. The second-order valence-corrected chi connectivity index (χ2v) is 8.64. The molecule has 1 aromatic heterocycles. The monoisotopic (exact) mass is 517 g/mol. The maximum Gasteiger partial charge on any atom is 0.270 e. The summed E-state index contributed by atoms with van der Waals surface area (Å²) in [5, 5.41) is 2.59. The van der Waals surface area contributed by atoms with Crippen LogP contribution in [0.25, 0.3) is 11.8 Å². The number of ether oxygens (including phenoxy) is 3. The van der Waals surface area contributed by atoms with Gasteiger partial charge in [0.05, 0.1) is 19.9 Å². The highest BCUT2D eigenvalue weighted by Crippen LogP contribution is 2.35. The van der Waals surface area contributed by atoms with Crippen LogP contribution in [0.15, 0.2) is 66.8 Å².